The van der Waals surface area contributed by atoms with E-state index in [0.29, 0.717) is 17.5 Å². The third kappa shape index (κ3) is 2.86. The average molecular weight is 360 g/mol. The Morgan fingerprint density at radius 3 is 2.80 bits per heavy atom. The van der Waals surface area contributed by atoms with Gasteiger partial charge in [0.25, 0.3) is 0 Å². The summed E-state index contributed by atoms with van der Waals surface area (Å²) in [7, 11) is 0. The molecule has 2 aliphatic rings. The van der Waals surface area contributed by atoms with Crippen molar-refractivity contribution < 1.29 is 9.18 Å². The van der Waals surface area contributed by atoms with Gasteiger partial charge in [0.2, 0.25) is 5.91 Å². The number of aromatic nitrogens is 1. The van der Waals surface area contributed by atoms with Crippen LogP contribution in [-0.4, -0.2) is 35.4 Å². The molecule has 0 unspecified atom stereocenters. The van der Waals surface area contributed by atoms with E-state index in [9.17, 15) is 9.18 Å². The maximum Gasteiger partial charge on any atom is 0.219 e. The summed E-state index contributed by atoms with van der Waals surface area (Å²) < 4.78 is 13.7. The number of nitrogens with zero attached hydrogens (tertiary/aromatic N) is 3. The molecule has 3 heterocycles. The molecule has 0 bridgehead atoms. The van der Waals surface area contributed by atoms with Crippen LogP contribution in [0.15, 0.2) is 42.6 Å². The highest BCUT2D eigenvalue weighted by Crippen LogP contribution is 2.46. The molecular weight excluding hydrogens is 341 g/mol. The Kier molecular flexibility index (Phi) is 4.12. The van der Waals surface area contributed by atoms with E-state index in [0.717, 1.165) is 24.5 Å². The molecule has 6 heteroatoms. The molecule has 2 saturated heterocycles. The number of carbonyl (C=O) groups is 1. The van der Waals surface area contributed by atoms with Gasteiger partial charge in [-0.15, -0.1) is 0 Å². The molecule has 25 heavy (non-hydrogen) atoms. The summed E-state index contributed by atoms with van der Waals surface area (Å²) in [5.41, 5.74) is 0.858. The highest BCUT2D eigenvalue weighted by molar-refractivity contribution is 6.32. The van der Waals surface area contributed by atoms with Crippen molar-refractivity contribution in [3.05, 3.63) is 59.0 Å². The Morgan fingerprint density at radius 1 is 1.24 bits per heavy atom. The van der Waals surface area contributed by atoms with Crippen molar-refractivity contribution in [1.82, 2.24) is 9.88 Å². The van der Waals surface area contributed by atoms with Crippen LogP contribution in [0, 0.1) is 17.7 Å². The van der Waals surface area contributed by atoms with Crippen molar-refractivity contribution >= 4 is 23.3 Å². The summed E-state index contributed by atoms with van der Waals surface area (Å²) in [5.74, 6) is 1.11. The van der Waals surface area contributed by atoms with E-state index >= 15 is 0 Å². The van der Waals surface area contributed by atoms with Crippen LogP contribution in [0.3, 0.4) is 0 Å². The molecule has 2 fully saturated rings. The quantitative estimate of drug-likeness (QED) is 0.823. The standard InChI is InChI=1S/C19H19ClFN3O/c1-12(25)24-10-14-9-23(19-17(20)6-3-7-22-19)11-16(14)18(24)13-4-2-5-15(21)8-13/h2-8,14,16,18H,9-11H2,1H3/t14-,16-,18+/m1/s1. The first kappa shape index (κ1) is 16.3. The third-order valence-electron chi connectivity index (χ3n) is 5.30. The molecule has 0 saturated carbocycles. The van der Waals surface area contributed by atoms with Gasteiger partial charge in [-0.3, -0.25) is 4.79 Å². The van der Waals surface area contributed by atoms with E-state index in [1.165, 1.54) is 6.07 Å². The van der Waals surface area contributed by atoms with Crippen LogP contribution in [0.5, 0.6) is 0 Å². The predicted molar refractivity (Wildman–Crippen MR) is 95.0 cm³/mol. The Labute approximate surface area is 151 Å². The molecule has 0 aliphatic carbocycles. The maximum atomic E-state index is 13.7. The molecule has 0 radical (unpaired) electrons. The molecule has 1 aromatic carbocycles. The minimum Gasteiger partial charge on any atom is -0.355 e. The van der Waals surface area contributed by atoms with E-state index in [4.69, 9.17) is 11.6 Å². The van der Waals surface area contributed by atoms with Crippen LogP contribution in [0.4, 0.5) is 10.2 Å². The highest BCUT2D eigenvalue weighted by atomic mass is 35.5. The summed E-state index contributed by atoms with van der Waals surface area (Å²) in [4.78, 5) is 20.6. The van der Waals surface area contributed by atoms with Crippen LogP contribution < -0.4 is 4.90 Å². The zero-order chi connectivity index (χ0) is 17.6. The zero-order valence-electron chi connectivity index (χ0n) is 13.9. The predicted octanol–water partition coefficient (Wildman–Crippen LogP) is 3.53. The van der Waals surface area contributed by atoms with Crippen molar-refractivity contribution in [1.29, 1.82) is 0 Å². The molecule has 0 N–H and O–H groups in total. The molecule has 4 rings (SSSR count). The van der Waals surface area contributed by atoms with E-state index < -0.39 is 0 Å². The Hall–Kier alpha value is -2.14. The molecule has 4 nitrogen and oxygen atoms in total. The first-order valence-corrected chi connectivity index (χ1v) is 8.80. The lowest BCUT2D eigenvalue weighted by Crippen LogP contribution is -2.34. The summed E-state index contributed by atoms with van der Waals surface area (Å²) >= 11 is 6.30. The van der Waals surface area contributed by atoms with Crippen LogP contribution in [0.1, 0.15) is 18.5 Å². The van der Waals surface area contributed by atoms with Crippen molar-refractivity contribution in [2.24, 2.45) is 11.8 Å². The highest BCUT2D eigenvalue weighted by Gasteiger charge is 2.48. The minimum atomic E-state index is -0.271. The van der Waals surface area contributed by atoms with Gasteiger partial charge in [-0.25, -0.2) is 9.37 Å². The summed E-state index contributed by atoms with van der Waals surface area (Å²) in [6, 6.07) is 10.1. The van der Waals surface area contributed by atoms with Gasteiger partial charge in [-0.2, -0.15) is 0 Å². The number of likely N-dealkylation sites (tertiary alicyclic amines) is 1. The number of pyridine rings is 1. The van der Waals surface area contributed by atoms with Crippen LogP contribution in [0.25, 0.3) is 0 Å². The van der Waals surface area contributed by atoms with Gasteiger partial charge < -0.3 is 9.80 Å². The second-order valence-electron chi connectivity index (χ2n) is 6.81. The van der Waals surface area contributed by atoms with E-state index in [1.54, 1.807) is 25.3 Å². The van der Waals surface area contributed by atoms with Gasteiger partial charge in [-0.05, 0) is 29.8 Å². The first-order valence-electron chi connectivity index (χ1n) is 8.42. The van der Waals surface area contributed by atoms with Gasteiger partial charge in [0.05, 0.1) is 11.1 Å². The van der Waals surface area contributed by atoms with Gasteiger partial charge >= 0.3 is 0 Å². The normalized spacial score (nSPS) is 25.3. The molecule has 0 spiro atoms. The number of halogens is 2. The van der Waals surface area contributed by atoms with Gasteiger partial charge in [0.1, 0.15) is 11.6 Å². The smallest absolute Gasteiger partial charge is 0.219 e. The lowest BCUT2D eigenvalue weighted by Gasteiger charge is -2.29. The monoisotopic (exact) mass is 359 g/mol. The lowest BCUT2D eigenvalue weighted by molar-refractivity contribution is -0.130. The van der Waals surface area contributed by atoms with Crippen LogP contribution in [-0.2, 0) is 4.79 Å². The number of fused-ring (bicyclic) bond motifs is 1. The van der Waals surface area contributed by atoms with E-state index in [-0.39, 0.29) is 23.7 Å². The largest absolute Gasteiger partial charge is 0.355 e. The van der Waals surface area contributed by atoms with Crippen molar-refractivity contribution in [3.8, 4) is 0 Å². The minimum absolute atomic E-state index is 0.0334. The number of amides is 1. The Balaban J connectivity index is 1.66. The molecule has 130 valence electrons. The summed E-state index contributed by atoms with van der Waals surface area (Å²) in [6.45, 7) is 3.83. The fraction of sp³-hybridized carbons (Fsp3) is 0.368. The Bertz CT molecular complexity index is 815. The topological polar surface area (TPSA) is 36.4 Å². The van der Waals surface area contributed by atoms with Gasteiger partial charge in [0, 0.05) is 44.6 Å². The average Bonchev–Trinajstić information content (AvgIpc) is 3.12. The Morgan fingerprint density at radius 2 is 2.08 bits per heavy atom. The maximum absolute atomic E-state index is 13.7. The molecule has 1 aromatic heterocycles. The van der Waals surface area contributed by atoms with Crippen molar-refractivity contribution in [2.75, 3.05) is 24.5 Å². The fourth-order valence-electron chi connectivity index (χ4n) is 4.27. The summed E-state index contributed by atoms with van der Waals surface area (Å²) in [6.07, 6.45) is 1.74. The van der Waals surface area contributed by atoms with Crippen molar-refractivity contribution in [3.63, 3.8) is 0 Å². The number of carbonyl (C=O) groups excluding carboxylic acids is 1. The summed E-state index contributed by atoms with van der Waals surface area (Å²) in [5, 5.41) is 0.633. The van der Waals surface area contributed by atoms with Crippen molar-refractivity contribution in [2.45, 2.75) is 13.0 Å². The molecule has 2 aromatic rings. The number of hydrogen-bond acceptors (Lipinski definition) is 3. The lowest BCUT2D eigenvalue weighted by atomic mass is 9.89. The number of benzene rings is 1. The van der Waals surface area contributed by atoms with E-state index in [1.807, 2.05) is 23.1 Å². The molecule has 3 atom stereocenters. The van der Waals surface area contributed by atoms with E-state index in [2.05, 4.69) is 9.88 Å². The third-order valence-corrected chi connectivity index (χ3v) is 5.59. The molecular formula is C19H19ClFN3O. The fourth-order valence-corrected chi connectivity index (χ4v) is 4.51. The molecule has 1 amide bonds. The van der Waals surface area contributed by atoms with Gasteiger partial charge in [0.15, 0.2) is 0 Å². The number of anilines is 1. The van der Waals surface area contributed by atoms with Crippen LogP contribution in [0.2, 0.25) is 5.02 Å². The van der Waals surface area contributed by atoms with Gasteiger partial charge in [-0.1, -0.05) is 23.7 Å². The number of rotatable bonds is 2. The SMILES string of the molecule is CC(=O)N1C[C@H]2CN(c3ncccc3Cl)C[C@H]2[C@@H]1c1cccc(F)c1. The second kappa shape index (κ2) is 6.30. The second-order valence-corrected chi connectivity index (χ2v) is 7.22. The first-order chi connectivity index (χ1) is 12.0. The number of hydrogen-bond donors (Lipinski definition) is 0. The molecule has 2 aliphatic heterocycles. The van der Waals surface area contributed by atoms with Crippen LogP contribution >= 0.6 is 11.6 Å². The zero-order valence-corrected chi connectivity index (χ0v) is 14.7.